The molecule has 112 valence electrons. The first-order chi connectivity index (χ1) is 10.0. The number of nitrogens with two attached hydrogens (primary N) is 1. The topological polar surface area (TPSA) is 35.2 Å². The molecule has 0 aliphatic heterocycles. The number of anilines is 1. The van der Waals surface area contributed by atoms with Crippen LogP contribution in [0.15, 0.2) is 40.1 Å². The Balaban J connectivity index is 2.30. The standard InChI is InChI=1S/C15H14F3NOS/c1-2-5-20-13-8-15(12(19)7-10(13)17)21-14-4-3-9(16)6-11(14)18/h3-4,6-8H,2,5,19H2,1H3. The maximum atomic E-state index is 13.7. The first-order valence-electron chi connectivity index (χ1n) is 6.36. The summed E-state index contributed by atoms with van der Waals surface area (Å²) in [5.41, 5.74) is 5.91. The van der Waals surface area contributed by atoms with Crippen molar-refractivity contribution in [3.05, 3.63) is 47.8 Å². The summed E-state index contributed by atoms with van der Waals surface area (Å²) in [6.07, 6.45) is 0.735. The molecule has 0 amide bonds. The van der Waals surface area contributed by atoms with Crippen molar-refractivity contribution in [1.29, 1.82) is 0 Å². The first-order valence-corrected chi connectivity index (χ1v) is 7.17. The molecule has 0 aliphatic rings. The van der Waals surface area contributed by atoms with Crippen molar-refractivity contribution in [3.8, 4) is 5.75 Å². The summed E-state index contributed by atoms with van der Waals surface area (Å²) in [5.74, 6) is -1.85. The minimum absolute atomic E-state index is 0.0658. The fourth-order valence-electron chi connectivity index (χ4n) is 1.64. The fraction of sp³-hybridized carbons (Fsp3) is 0.200. The predicted octanol–water partition coefficient (Wildman–Crippen LogP) is 4.63. The van der Waals surface area contributed by atoms with E-state index in [9.17, 15) is 13.2 Å². The number of hydrogen-bond donors (Lipinski definition) is 1. The Labute approximate surface area is 125 Å². The zero-order valence-corrected chi connectivity index (χ0v) is 12.1. The average Bonchev–Trinajstić information content (AvgIpc) is 2.43. The van der Waals surface area contributed by atoms with Gasteiger partial charge in [0.2, 0.25) is 0 Å². The molecule has 2 nitrogen and oxygen atoms in total. The Bertz CT molecular complexity index is 649. The minimum Gasteiger partial charge on any atom is -0.490 e. The van der Waals surface area contributed by atoms with Crippen LogP contribution in [0.25, 0.3) is 0 Å². The molecule has 21 heavy (non-hydrogen) atoms. The van der Waals surface area contributed by atoms with E-state index in [0.29, 0.717) is 11.5 Å². The molecule has 0 saturated heterocycles. The highest BCUT2D eigenvalue weighted by atomic mass is 32.2. The molecule has 6 heteroatoms. The highest BCUT2D eigenvalue weighted by Gasteiger charge is 2.13. The lowest BCUT2D eigenvalue weighted by Crippen LogP contribution is -2.00. The molecular weight excluding hydrogens is 299 g/mol. The van der Waals surface area contributed by atoms with Crippen LogP contribution in [-0.2, 0) is 0 Å². The van der Waals surface area contributed by atoms with Gasteiger partial charge in [-0.05, 0) is 24.6 Å². The van der Waals surface area contributed by atoms with Crippen molar-refractivity contribution in [1.82, 2.24) is 0 Å². The van der Waals surface area contributed by atoms with Crippen LogP contribution in [-0.4, -0.2) is 6.61 Å². The number of benzene rings is 2. The molecule has 0 aromatic heterocycles. The van der Waals surface area contributed by atoms with E-state index in [1.807, 2.05) is 6.92 Å². The number of rotatable bonds is 5. The molecule has 0 saturated carbocycles. The number of nitrogen functional groups attached to an aromatic ring is 1. The maximum Gasteiger partial charge on any atom is 0.167 e. The Hall–Kier alpha value is -1.82. The van der Waals surface area contributed by atoms with Crippen LogP contribution in [0.4, 0.5) is 18.9 Å². The number of halogens is 3. The zero-order chi connectivity index (χ0) is 15.4. The van der Waals surface area contributed by atoms with Gasteiger partial charge >= 0.3 is 0 Å². The lowest BCUT2D eigenvalue weighted by Gasteiger charge is -2.11. The lowest BCUT2D eigenvalue weighted by atomic mass is 10.3. The van der Waals surface area contributed by atoms with Crippen molar-refractivity contribution in [2.24, 2.45) is 0 Å². The third-order valence-electron chi connectivity index (χ3n) is 2.64. The Morgan fingerprint density at radius 3 is 2.48 bits per heavy atom. The van der Waals surface area contributed by atoms with Gasteiger partial charge < -0.3 is 10.5 Å². The van der Waals surface area contributed by atoms with Crippen LogP contribution in [0.5, 0.6) is 5.75 Å². The predicted molar refractivity (Wildman–Crippen MR) is 77.1 cm³/mol. The molecule has 0 heterocycles. The van der Waals surface area contributed by atoms with Crippen LogP contribution in [0.3, 0.4) is 0 Å². The van der Waals surface area contributed by atoms with Crippen LogP contribution in [0.1, 0.15) is 13.3 Å². The molecule has 0 fully saturated rings. The van der Waals surface area contributed by atoms with Gasteiger partial charge in [-0.2, -0.15) is 0 Å². The fourth-order valence-corrected chi connectivity index (χ4v) is 2.51. The normalized spacial score (nSPS) is 10.7. The van der Waals surface area contributed by atoms with Crippen molar-refractivity contribution in [2.75, 3.05) is 12.3 Å². The largest absolute Gasteiger partial charge is 0.490 e. The van der Waals surface area contributed by atoms with Gasteiger partial charge in [0.15, 0.2) is 11.6 Å². The Morgan fingerprint density at radius 1 is 1.05 bits per heavy atom. The van der Waals surface area contributed by atoms with E-state index in [4.69, 9.17) is 10.5 Å². The Morgan fingerprint density at radius 2 is 1.81 bits per heavy atom. The van der Waals surface area contributed by atoms with Gasteiger partial charge in [0.1, 0.15) is 11.6 Å². The lowest BCUT2D eigenvalue weighted by molar-refractivity contribution is 0.300. The van der Waals surface area contributed by atoms with Crippen molar-refractivity contribution in [3.63, 3.8) is 0 Å². The van der Waals surface area contributed by atoms with E-state index in [2.05, 4.69) is 0 Å². The molecule has 0 bridgehead atoms. The van der Waals surface area contributed by atoms with Gasteiger partial charge in [0.05, 0.1) is 6.61 Å². The van der Waals surface area contributed by atoms with Crippen LogP contribution < -0.4 is 10.5 Å². The summed E-state index contributed by atoms with van der Waals surface area (Å²) in [7, 11) is 0. The van der Waals surface area contributed by atoms with E-state index in [1.165, 1.54) is 12.1 Å². The molecule has 0 radical (unpaired) electrons. The molecule has 2 aromatic carbocycles. The average molecular weight is 313 g/mol. The summed E-state index contributed by atoms with van der Waals surface area (Å²) in [4.78, 5) is 0.657. The quantitative estimate of drug-likeness (QED) is 0.818. The molecule has 2 aromatic rings. The minimum atomic E-state index is -0.695. The summed E-state index contributed by atoms with van der Waals surface area (Å²) in [6.45, 7) is 2.27. The van der Waals surface area contributed by atoms with Gasteiger partial charge in [-0.25, -0.2) is 13.2 Å². The van der Waals surface area contributed by atoms with E-state index in [-0.39, 0.29) is 16.3 Å². The molecule has 0 aliphatic carbocycles. The third kappa shape index (κ3) is 3.85. The van der Waals surface area contributed by atoms with E-state index < -0.39 is 17.5 Å². The van der Waals surface area contributed by atoms with Crippen LogP contribution >= 0.6 is 11.8 Å². The molecule has 0 spiro atoms. The number of hydrogen-bond acceptors (Lipinski definition) is 3. The van der Waals surface area contributed by atoms with Crippen molar-refractivity contribution < 1.29 is 17.9 Å². The second-order valence-electron chi connectivity index (χ2n) is 4.35. The molecular formula is C15H14F3NOS. The van der Waals surface area contributed by atoms with Gasteiger partial charge in [0, 0.05) is 27.6 Å². The van der Waals surface area contributed by atoms with E-state index in [1.54, 1.807) is 0 Å². The molecule has 0 unspecified atom stereocenters. The highest BCUT2D eigenvalue weighted by Crippen LogP contribution is 2.37. The van der Waals surface area contributed by atoms with Gasteiger partial charge in [0.25, 0.3) is 0 Å². The second kappa shape index (κ2) is 6.76. The number of ether oxygens (including phenoxy) is 1. The summed E-state index contributed by atoms with van der Waals surface area (Å²) in [6, 6.07) is 5.81. The summed E-state index contributed by atoms with van der Waals surface area (Å²) >= 11 is 0.993. The summed E-state index contributed by atoms with van der Waals surface area (Å²) < 4.78 is 45.5. The van der Waals surface area contributed by atoms with Crippen LogP contribution in [0, 0.1) is 17.5 Å². The molecule has 2 rings (SSSR count). The van der Waals surface area contributed by atoms with Gasteiger partial charge in [-0.3, -0.25) is 0 Å². The van der Waals surface area contributed by atoms with E-state index in [0.717, 1.165) is 36.4 Å². The third-order valence-corrected chi connectivity index (χ3v) is 3.76. The van der Waals surface area contributed by atoms with Crippen LogP contribution in [0.2, 0.25) is 0 Å². The maximum absolute atomic E-state index is 13.7. The van der Waals surface area contributed by atoms with Crippen molar-refractivity contribution in [2.45, 2.75) is 23.1 Å². The highest BCUT2D eigenvalue weighted by molar-refractivity contribution is 7.99. The zero-order valence-electron chi connectivity index (χ0n) is 11.3. The second-order valence-corrected chi connectivity index (χ2v) is 5.43. The SMILES string of the molecule is CCCOc1cc(Sc2ccc(F)cc2F)c(N)cc1F. The molecule has 0 atom stereocenters. The van der Waals surface area contributed by atoms with E-state index >= 15 is 0 Å². The molecule has 2 N–H and O–H groups in total. The Kier molecular flexibility index (Phi) is 5.01. The smallest absolute Gasteiger partial charge is 0.167 e. The van der Waals surface area contributed by atoms with Gasteiger partial charge in [-0.1, -0.05) is 18.7 Å². The van der Waals surface area contributed by atoms with Gasteiger partial charge in [-0.15, -0.1) is 0 Å². The monoisotopic (exact) mass is 313 g/mol. The first kappa shape index (κ1) is 15.6. The summed E-state index contributed by atoms with van der Waals surface area (Å²) in [5, 5.41) is 0. The van der Waals surface area contributed by atoms with Crippen molar-refractivity contribution >= 4 is 17.4 Å².